The van der Waals surface area contributed by atoms with Crippen molar-refractivity contribution in [3.05, 3.63) is 11.6 Å². The molecule has 8 nitrogen and oxygen atoms in total. The monoisotopic (exact) mass is 350 g/mol. The lowest BCUT2D eigenvalue weighted by Crippen LogP contribution is -2.59. The van der Waals surface area contributed by atoms with Crippen molar-refractivity contribution in [2.45, 2.75) is 76.0 Å². The highest BCUT2D eigenvalue weighted by atomic mass is 16.7. The van der Waals surface area contributed by atoms with Crippen LogP contribution in [0.2, 0.25) is 0 Å². The Morgan fingerprint density at radius 3 is 2.38 bits per heavy atom. The van der Waals surface area contributed by atoms with Crippen LogP contribution >= 0.6 is 0 Å². The molecular formula is C16H30O8. The van der Waals surface area contributed by atoms with Crippen LogP contribution in [0.1, 0.15) is 33.6 Å². The van der Waals surface area contributed by atoms with E-state index < -0.39 is 49.0 Å². The average molecular weight is 350 g/mol. The zero-order valence-electron chi connectivity index (χ0n) is 14.4. The maximum absolute atomic E-state index is 9.83. The molecule has 0 radical (unpaired) electrons. The molecule has 142 valence electrons. The van der Waals surface area contributed by atoms with Crippen molar-refractivity contribution in [2.24, 2.45) is 0 Å². The predicted octanol–water partition coefficient (Wildman–Crippen LogP) is -1.34. The lowest BCUT2D eigenvalue weighted by Gasteiger charge is -2.39. The van der Waals surface area contributed by atoms with Crippen molar-refractivity contribution in [2.75, 3.05) is 13.2 Å². The van der Waals surface area contributed by atoms with Crippen LogP contribution in [0.15, 0.2) is 11.6 Å². The van der Waals surface area contributed by atoms with Crippen molar-refractivity contribution in [3.63, 3.8) is 0 Å². The fourth-order valence-corrected chi connectivity index (χ4v) is 2.31. The van der Waals surface area contributed by atoms with E-state index in [-0.39, 0.29) is 6.61 Å². The standard InChI is InChI=1S/C16H30O8/c1-9(4-5-11(18)16(2,3)22)6-7-23-15-14(21)13(20)12(19)10(8-17)24-15/h6,10-15,17-22H,4-5,7-8H2,1-3H3/b9-6+/t10-,11+,12-,13+,14-,15-/m1/s1. The van der Waals surface area contributed by atoms with E-state index in [9.17, 15) is 25.5 Å². The Bertz CT molecular complexity index is 403. The maximum atomic E-state index is 9.83. The lowest BCUT2D eigenvalue weighted by atomic mass is 9.96. The van der Waals surface area contributed by atoms with Gasteiger partial charge in [0.25, 0.3) is 0 Å². The van der Waals surface area contributed by atoms with E-state index in [2.05, 4.69) is 0 Å². The summed E-state index contributed by atoms with van der Waals surface area (Å²) in [5.74, 6) is 0. The van der Waals surface area contributed by atoms with Crippen LogP contribution in [0, 0.1) is 0 Å². The van der Waals surface area contributed by atoms with Gasteiger partial charge in [-0.1, -0.05) is 11.6 Å². The summed E-state index contributed by atoms with van der Waals surface area (Å²) >= 11 is 0. The Morgan fingerprint density at radius 2 is 1.83 bits per heavy atom. The summed E-state index contributed by atoms with van der Waals surface area (Å²) in [5.41, 5.74) is -0.240. The molecule has 1 rings (SSSR count). The molecule has 0 amide bonds. The van der Waals surface area contributed by atoms with E-state index in [0.29, 0.717) is 12.8 Å². The lowest BCUT2D eigenvalue weighted by molar-refractivity contribution is -0.298. The average Bonchev–Trinajstić information content (AvgIpc) is 2.51. The van der Waals surface area contributed by atoms with E-state index in [1.807, 2.05) is 6.92 Å². The van der Waals surface area contributed by atoms with Gasteiger partial charge in [-0.05, 0) is 33.6 Å². The molecule has 24 heavy (non-hydrogen) atoms. The highest BCUT2D eigenvalue weighted by Crippen LogP contribution is 2.22. The van der Waals surface area contributed by atoms with Crippen LogP contribution in [0.5, 0.6) is 0 Å². The molecule has 0 aromatic carbocycles. The van der Waals surface area contributed by atoms with Crippen LogP contribution in [0.3, 0.4) is 0 Å². The van der Waals surface area contributed by atoms with Gasteiger partial charge < -0.3 is 40.1 Å². The van der Waals surface area contributed by atoms with Crippen LogP contribution in [-0.4, -0.2) is 86.3 Å². The van der Waals surface area contributed by atoms with Crippen LogP contribution in [0.4, 0.5) is 0 Å². The highest BCUT2D eigenvalue weighted by Gasteiger charge is 2.43. The van der Waals surface area contributed by atoms with Gasteiger partial charge in [0.2, 0.25) is 0 Å². The second kappa shape index (κ2) is 9.21. The Kier molecular flexibility index (Phi) is 8.24. The molecule has 0 aromatic rings. The third kappa shape index (κ3) is 6.05. The largest absolute Gasteiger partial charge is 0.394 e. The molecular weight excluding hydrogens is 320 g/mol. The second-order valence-corrected chi connectivity index (χ2v) is 6.79. The summed E-state index contributed by atoms with van der Waals surface area (Å²) in [7, 11) is 0. The highest BCUT2D eigenvalue weighted by molar-refractivity contribution is 4.99. The number of allylic oxidation sites excluding steroid dienone is 1. The first-order chi connectivity index (χ1) is 11.1. The van der Waals surface area contributed by atoms with Crippen molar-refractivity contribution in [3.8, 4) is 0 Å². The number of aliphatic hydroxyl groups excluding tert-OH is 5. The molecule has 0 aliphatic carbocycles. The molecule has 1 fully saturated rings. The maximum Gasteiger partial charge on any atom is 0.187 e. The first-order valence-electron chi connectivity index (χ1n) is 8.06. The molecule has 0 spiro atoms. The Hall–Kier alpha value is -0.580. The molecule has 0 bridgehead atoms. The fourth-order valence-electron chi connectivity index (χ4n) is 2.31. The Morgan fingerprint density at radius 1 is 1.21 bits per heavy atom. The second-order valence-electron chi connectivity index (χ2n) is 6.79. The van der Waals surface area contributed by atoms with Crippen LogP contribution in [0.25, 0.3) is 0 Å². The van der Waals surface area contributed by atoms with Gasteiger partial charge in [0.1, 0.15) is 24.4 Å². The number of rotatable bonds is 8. The third-order valence-corrected chi connectivity index (χ3v) is 4.17. The van der Waals surface area contributed by atoms with Crippen LogP contribution < -0.4 is 0 Å². The van der Waals surface area contributed by atoms with Crippen molar-refractivity contribution in [1.82, 2.24) is 0 Å². The van der Waals surface area contributed by atoms with Gasteiger partial charge in [0.15, 0.2) is 6.29 Å². The van der Waals surface area contributed by atoms with E-state index in [4.69, 9.17) is 14.6 Å². The minimum atomic E-state index is -1.46. The summed E-state index contributed by atoms with van der Waals surface area (Å²) in [5, 5.41) is 57.7. The van der Waals surface area contributed by atoms with Crippen molar-refractivity contribution >= 4 is 0 Å². The molecule has 6 N–H and O–H groups in total. The van der Waals surface area contributed by atoms with Crippen LogP contribution in [-0.2, 0) is 9.47 Å². The normalized spacial score (nSPS) is 33.5. The molecule has 6 atom stereocenters. The van der Waals surface area contributed by atoms with Gasteiger partial charge >= 0.3 is 0 Å². The number of hydrogen-bond acceptors (Lipinski definition) is 8. The quantitative estimate of drug-likeness (QED) is 0.296. The van der Waals surface area contributed by atoms with Gasteiger partial charge in [-0.25, -0.2) is 0 Å². The van der Waals surface area contributed by atoms with Crippen molar-refractivity contribution in [1.29, 1.82) is 0 Å². The van der Waals surface area contributed by atoms with Crippen molar-refractivity contribution < 1.29 is 40.1 Å². The summed E-state index contributed by atoms with van der Waals surface area (Å²) in [6.45, 7) is 4.51. The molecule has 1 heterocycles. The topological polar surface area (TPSA) is 140 Å². The number of aliphatic hydroxyl groups is 6. The Balaban J connectivity index is 2.44. The molecule has 1 aliphatic rings. The minimum Gasteiger partial charge on any atom is -0.394 e. The molecule has 1 saturated heterocycles. The molecule has 0 aromatic heterocycles. The van der Waals surface area contributed by atoms with Gasteiger partial charge in [0, 0.05) is 0 Å². The first kappa shape index (κ1) is 21.5. The number of hydrogen-bond donors (Lipinski definition) is 6. The van der Waals surface area contributed by atoms with Gasteiger partial charge in [-0.3, -0.25) is 0 Å². The van der Waals surface area contributed by atoms with Gasteiger partial charge in [0.05, 0.1) is 24.9 Å². The van der Waals surface area contributed by atoms with E-state index in [0.717, 1.165) is 5.57 Å². The smallest absolute Gasteiger partial charge is 0.187 e. The summed E-state index contributed by atoms with van der Waals surface area (Å²) in [6, 6.07) is 0. The number of ether oxygens (including phenoxy) is 2. The summed E-state index contributed by atoms with van der Waals surface area (Å²) < 4.78 is 10.6. The first-order valence-corrected chi connectivity index (χ1v) is 8.06. The Labute approximate surface area is 142 Å². The molecule has 0 saturated carbocycles. The van der Waals surface area contributed by atoms with E-state index in [1.165, 1.54) is 0 Å². The van der Waals surface area contributed by atoms with E-state index in [1.54, 1.807) is 19.9 Å². The van der Waals surface area contributed by atoms with E-state index >= 15 is 0 Å². The fraction of sp³-hybridized carbons (Fsp3) is 0.875. The SMILES string of the molecule is C/C(=C\CO[C@@H]1O[C@H](CO)[C@@H](O)[C@H](O)[C@H]1O)CC[C@H](O)C(C)(C)O. The minimum absolute atomic E-state index is 0.0904. The predicted molar refractivity (Wildman–Crippen MR) is 85.0 cm³/mol. The molecule has 8 heteroatoms. The molecule has 1 aliphatic heterocycles. The summed E-state index contributed by atoms with van der Waals surface area (Å²) in [6.07, 6.45) is -4.61. The summed E-state index contributed by atoms with van der Waals surface area (Å²) in [4.78, 5) is 0. The van der Waals surface area contributed by atoms with Gasteiger partial charge in [-0.15, -0.1) is 0 Å². The van der Waals surface area contributed by atoms with Gasteiger partial charge in [-0.2, -0.15) is 0 Å². The third-order valence-electron chi connectivity index (χ3n) is 4.17. The zero-order valence-corrected chi connectivity index (χ0v) is 14.4. The zero-order chi connectivity index (χ0) is 18.5. The molecule has 0 unspecified atom stereocenters.